The normalized spacial score (nSPS) is 22.2. The molecule has 0 aromatic heterocycles. The Morgan fingerprint density at radius 1 is 1.24 bits per heavy atom. The molecule has 0 spiro atoms. The van der Waals surface area contributed by atoms with E-state index in [0.29, 0.717) is 19.2 Å². The molecule has 4 heteroatoms. The second-order valence-corrected chi connectivity index (χ2v) is 5.82. The number of likely N-dealkylation sites (N-methyl/N-ethyl adjacent to an activating group) is 1. The Labute approximate surface area is 128 Å². The molecule has 0 radical (unpaired) electrons. The minimum absolute atomic E-state index is 0.429. The van der Waals surface area contributed by atoms with Gasteiger partial charge in [-0.2, -0.15) is 0 Å². The maximum Gasteiger partial charge on any atom is 0.119 e. The van der Waals surface area contributed by atoms with Crippen molar-refractivity contribution < 1.29 is 9.84 Å². The molecule has 2 unspecified atom stereocenters. The highest BCUT2D eigenvalue weighted by Gasteiger charge is 2.24. The van der Waals surface area contributed by atoms with Gasteiger partial charge in [-0.05, 0) is 38.1 Å². The number of hydrogen-bond donors (Lipinski definition) is 1. The Kier molecular flexibility index (Phi) is 6.03. The third kappa shape index (κ3) is 4.43. The van der Waals surface area contributed by atoms with E-state index in [9.17, 15) is 5.11 Å². The quantitative estimate of drug-likeness (QED) is 0.871. The fourth-order valence-corrected chi connectivity index (χ4v) is 2.92. The number of hydrogen-bond acceptors (Lipinski definition) is 4. The maximum atomic E-state index is 10.4. The lowest BCUT2D eigenvalue weighted by atomic mass is 10.1. The molecule has 1 heterocycles. The molecule has 1 aromatic carbocycles. The zero-order chi connectivity index (χ0) is 15.2. The van der Waals surface area contributed by atoms with Gasteiger partial charge in [0.1, 0.15) is 5.75 Å². The Hall–Kier alpha value is -1.10. The Morgan fingerprint density at radius 2 is 1.95 bits per heavy atom. The zero-order valence-corrected chi connectivity index (χ0v) is 13.5. The lowest BCUT2D eigenvalue weighted by Gasteiger charge is -2.39. The molecule has 0 amide bonds. The fourth-order valence-electron chi connectivity index (χ4n) is 2.92. The molecular formula is C17H28N2O2. The number of benzene rings is 1. The molecule has 21 heavy (non-hydrogen) atoms. The summed E-state index contributed by atoms with van der Waals surface area (Å²) in [5.41, 5.74) is 0.963. The van der Waals surface area contributed by atoms with E-state index in [2.05, 4.69) is 23.8 Å². The topological polar surface area (TPSA) is 35.9 Å². The van der Waals surface area contributed by atoms with E-state index in [1.807, 2.05) is 31.2 Å². The van der Waals surface area contributed by atoms with Crippen LogP contribution in [-0.2, 0) is 0 Å². The molecule has 1 fully saturated rings. The summed E-state index contributed by atoms with van der Waals surface area (Å²) in [6.45, 7) is 8.73. The Morgan fingerprint density at radius 3 is 2.57 bits per heavy atom. The number of aliphatic hydroxyl groups is 1. The van der Waals surface area contributed by atoms with Crippen LogP contribution >= 0.6 is 0 Å². The van der Waals surface area contributed by atoms with Crippen molar-refractivity contribution in [2.75, 3.05) is 39.8 Å². The van der Waals surface area contributed by atoms with E-state index in [1.165, 1.54) is 0 Å². The summed E-state index contributed by atoms with van der Waals surface area (Å²) in [5.74, 6) is 0.860. The van der Waals surface area contributed by atoms with Gasteiger partial charge >= 0.3 is 0 Å². The summed E-state index contributed by atoms with van der Waals surface area (Å²) >= 11 is 0. The van der Waals surface area contributed by atoms with Crippen LogP contribution < -0.4 is 4.74 Å². The average molecular weight is 292 g/mol. The molecule has 1 aliphatic rings. The maximum absolute atomic E-state index is 10.4. The first kappa shape index (κ1) is 16.3. The number of piperazine rings is 1. The minimum atomic E-state index is -0.429. The van der Waals surface area contributed by atoms with Gasteiger partial charge in [-0.25, -0.2) is 0 Å². The van der Waals surface area contributed by atoms with Crippen LogP contribution in [0.3, 0.4) is 0 Å². The van der Waals surface area contributed by atoms with Crippen molar-refractivity contribution in [3.05, 3.63) is 29.8 Å². The predicted molar refractivity (Wildman–Crippen MR) is 85.7 cm³/mol. The fraction of sp³-hybridized carbons (Fsp3) is 0.647. The van der Waals surface area contributed by atoms with Crippen LogP contribution in [0.2, 0.25) is 0 Å². The van der Waals surface area contributed by atoms with Gasteiger partial charge in [0.15, 0.2) is 0 Å². The van der Waals surface area contributed by atoms with Crippen molar-refractivity contribution in [2.24, 2.45) is 0 Å². The van der Waals surface area contributed by atoms with Crippen LogP contribution in [0.25, 0.3) is 0 Å². The van der Waals surface area contributed by atoms with Crippen molar-refractivity contribution in [3.63, 3.8) is 0 Å². The third-order valence-electron chi connectivity index (χ3n) is 4.34. The van der Waals surface area contributed by atoms with Crippen LogP contribution in [0.15, 0.2) is 24.3 Å². The van der Waals surface area contributed by atoms with E-state index < -0.39 is 6.10 Å². The van der Waals surface area contributed by atoms with Gasteiger partial charge < -0.3 is 14.7 Å². The molecule has 118 valence electrons. The van der Waals surface area contributed by atoms with Gasteiger partial charge in [0.2, 0.25) is 0 Å². The monoisotopic (exact) mass is 292 g/mol. The predicted octanol–water partition coefficient (Wildman–Crippen LogP) is 2.14. The summed E-state index contributed by atoms with van der Waals surface area (Å²) in [5, 5.41) is 10.4. The van der Waals surface area contributed by atoms with Crippen LogP contribution in [-0.4, -0.2) is 60.8 Å². The standard InChI is InChI=1S/C17H28N2O2/c1-4-15-12-19(11-10-18(15)3)13-17(20)14-6-8-16(9-7-14)21-5-2/h6-9,15,17,20H,4-5,10-13H2,1-3H3. The molecule has 0 saturated carbocycles. The van der Waals surface area contributed by atoms with Gasteiger partial charge in [0, 0.05) is 32.2 Å². The summed E-state index contributed by atoms with van der Waals surface area (Å²) in [7, 11) is 2.19. The van der Waals surface area contributed by atoms with Crippen molar-refractivity contribution in [1.29, 1.82) is 0 Å². The van der Waals surface area contributed by atoms with Gasteiger partial charge in [0.05, 0.1) is 12.7 Å². The molecule has 1 N–H and O–H groups in total. The zero-order valence-electron chi connectivity index (χ0n) is 13.5. The molecule has 2 rings (SSSR count). The number of aliphatic hydroxyl groups excluding tert-OH is 1. The summed E-state index contributed by atoms with van der Waals surface area (Å²) in [4.78, 5) is 4.79. The number of ether oxygens (including phenoxy) is 1. The van der Waals surface area contributed by atoms with Crippen LogP contribution in [0.4, 0.5) is 0 Å². The first-order chi connectivity index (χ1) is 10.1. The van der Waals surface area contributed by atoms with Crippen molar-refractivity contribution in [1.82, 2.24) is 9.80 Å². The summed E-state index contributed by atoms with van der Waals surface area (Å²) in [6.07, 6.45) is 0.730. The highest BCUT2D eigenvalue weighted by molar-refractivity contribution is 5.28. The molecular weight excluding hydrogens is 264 g/mol. The van der Waals surface area contributed by atoms with Crippen molar-refractivity contribution in [2.45, 2.75) is 32.4 Å². The summed E-state index contributed by atoms with van der Waals surface area (Å²) < 4.78 is 5.43. The molecule has 1 saturated heterocycles. The van der Waals surface area contributed by atoms with Crippen LogP contribution in [0.5, 0.6) is 5.75 Å². The van der Waals surface area contributed by atoms with Gasteiger partial charge in [-0.1, -0.05) is 19.1 Å². The van der Waals surface area contributed by atoms with Gasteiger partial charge in [-0.3, -0.25) is 4.90 Å². The van der Waals surface area contributed by atoms with Gasteiger partial charge in [-0.15, -0.1) is 0 Å². The van der Waals surface area contributed by atoms with Gasteiger partial charge in [0.25, 0.3) is 0 Å². The highest BCUT2D eigenvalue weighted by atomic mass is 16.5. The smallest absolute Gasteiger partial charge is 0.119 e. The van der Waals surface area contributed by atoms with Crippen molar-refractivity contribution in [3.8, 4) is 5.75 Å². The summed E-state index contributed by atoms with van der Waals surface area (Å²) in [6, 6.07) is 8.39. The second kappa shape index (κ2) is 7.78. The SMILES string of the molecule is CCOc1ccc(C(O)CN2CCN(C)C(CC)C2)cc1. The largest absolute Gasteiger partial charge is 0.494 e. The number of rotatable bonds is 6. The van der Waals surface area contributed by atoms with Crippen LogP contribution in [0.1, 0.15) is 31.9 Å². The first-order valence-corrected chi connectivity index (χ1v) is 7.97. The molecule has 4 nitrogen and oxygen atoms in total. The molecule has 1 aliphatic heterocycles. The lowest BCUT2D eigenvalue weighted by Crippen LogP contribution is -2.51. The molecule has 0 aliphatic carbocycles. The third-order valence-corrected chi connectivity index (χ3v) is 4.34. The molecule has 2 atom stereocenters. The van der Waals surface area contributed by atoms with E-state index in [-0.39, 0.29) is 0 Å². The minimum Gasteiger partial charge on any atom is -0.494 e. The molecule has 0 bridgehead atoms. The van der Waals surface area contributed by atoms with Crippen molar-refractivity contribution >= 4 is 0 Å². The van der Waals surface area contributed by atoms with E-state index in [0.717, 1.165) is 37.4 Å². The average Bonchev–Trinajstić information content (AvgIpc) is 2.50. The van der Waals surface area contributed by atoms with Crippen LogP contribution in [0, 0.1) is 0 Å². The Balaban J connectivity index is 1.90. The highest BCUT2D eigenvalue weighted by Crippen LogP contribution is 2.20. The van der Waals surface area contributed by atoms with E-state index in [4.69, 9.17) is 4.74 Å². The lowest BCUT2D eigenvalue weighted by molar-refractivity contribution is 0.0502. The van der Waals surface area contributed by atoms with E-state index >= 15 is 0 Å². The van der Waals surface area contributed by atoms with E-state index in [1.54, 1.807) is 0 Å². The second-order valence-electron chi connectivity index (χ2n) is 5.82. The molecule has 1 aromatic rings. The number of nitrogens with zero attached hydrogens (tertiary/aromatic N) is 2. The first-order valence-electron chi connectivity index (χ1n) is 7.97. The Bertz CT molecular complexity index is 421. The number of β-amino-alcohol motifs (C(OH)–C–C–N with tert-alkyl or cyclic N) is 1.